The van der Waals surface area contributed by atoms with E-state index in [9.17, 15) is 9.18 Å². The molecule has 0 saturated carbocycles. The molecule has 2 N–H and O–H groups in total. The van der Waals surface area contributed by atoms with Gasteiger partial charge in [-0.2, -0.15) is 0 Å². The second-order valence-electron chi connectivity index (χ2n) is 8.38. The molecule has 182 valence electrons. The number of nitrogens with zero attached hydrogens (tertiary/aromatic N) is 3. The van der Waals surface area contributed by atoms with E-state index in [0.29, 0.717) is 16.7 Å². The van der Waals surface area contributed by atoms with Crippen LogP contribution in [-0.4, -0.2) is 32.0 Å². The van der Waals surface area contributed by atoms with Crippen LogP contribution >= 0.6 is 23.8 Å². The van der Waals surface area contributed by atoms with Crippen molar-refractivity contribution in [3.05, 3.63) is 113 Å². The average molecular weight is 520 g/mol. The minimum Gasteiger partial charge on any atom is -0.352 e. The van der Waals surface area contributed by atoms with Crippen molar-refractivity contribution in [2.24, 2.45) is 0 Å². The van der Waals surface area contributed by atoms with Crippen LogP contribution < -0.4 is 10.6 Å². The first-order chi connectivity index (χ1) is 17.5. The van der Waals surface area contributed by atoms with E-state index in [-0.39, 0.29) is 30.1 Å². The van der Waals surface area contributed by atoms with E-state index in [1.807, 2.05) is 65.7 Å². The number of nitrogens with one attached hydrogen (secondary N) is 2. The van der Waals surface area contributed by atoms with E-state index in [1.165, 1.54) is 12.1 Å². The van der Waals surface area contributed by atoms with Gasteiger partial charge in [0.2, 0.25) is 5.91 Å². The first-order valence-corrected chi connectivity index (χ1v) is 12.3. The fraction of sp³-hybridized carbons (Fsp3) is 0.148. The first-order valence-electron chi connectivity index (χ1n) is 11.5. The summed E-state index contributed by atoms with van der Waals surface area (Å²) in [6.07, 6.45) is 3.85. The lowest BCUT2D eigenvalue weighted by Crippen LogP contribution is -2.33. The number of halogens is 2. The topological polar surface area (TPSA) is 62.2 Å². The summed E-state index contributed by atoms with van der Waals surface area (Å²) < 4.78 is 16.1. The normalized spacial score (nSPS) is 17.2. The van der Waals surface area contributed by atoms with Crippen molar-refractivity contribution in [1.82, 2.24) is 19.8 Å². The summed E-state index contributed by atoms with van der Waals surface area (Å²) in [5, 5.41) is 7.20. The first kappa shape index (κ1) is 24.0. The molecule has 0 radical (unpaired) electrons. The maximum atomic E-state index is 14.0. The molecule has 6 nitrogen and oxygen atoms in total. The van der Waals surface area contributed by atoms with Gasteiger partial charge in [0, 0.05) is 41.8 Å². The van der Waals surface area contributed by atoms with Crippen LogP contribution in [0.2, 0.25) is 5.02 Å². The molecule has 0 aliphatic carbocycles. The summed E-state index contributed by atoms with van der Waals surface area (Å²) in [6.45, 7) is 0.334. The molecule has 5 rings (SSSR count). The standard InChI is InChI=1S/C27H23ClFN5OS/c28-18-7-5-8-19(17-18)33-15-6-12-23(33)26-25(22-11-3-4-14-30-22)32-27(36)34(26)16-13-24(35)31-21-10-2-1-9-20(21)29/h1-12,14-15,17,25-26H,13,16H2,(H,31,35)(H,32,36)/t25-,26-/m0/s1. The number of anilines is 1. The molecule has 0 unspecified atom stereocenters. The molecule has 1 fully saturated rings. The van der Waals surface area contributed by atoms with E-state index < -0.39 is 5.82 Å². The van der Waals surface area contributed by atoms with E-state index in [0.717, 1.165) is 17.1 Å². The maximum absolute atomic E-state index is 14.0. The number of hydrogen-bond acceptors (Lipinski definition) is 3. The molecule has 0 spiro atoms. The largest absolute Gasteiger partial charge is 0.352 e. The number of carbonyl (C=O) groups excluding carboxylic acids is 1. The Kier molecular flexibility index (Phi) is 6.97. The number of thiocarbonyl (C=S) groups is 1. The van der Waals surface area contributed by atoms with Gasteiger partial charge in [0.05, 0.1) is 23.5 Å². The Morgan fingerprint density at radius 2 is 1.92 bits per heavy atom. The predicted molar refractivity (Wildman–Crippen MR) is 143 cm³/mol. The molecule has 1 aliphatic rings. The number of para-hydroxylation sites is 1. The molecular formula is C27H23ClFN5OS. The van der Waals surface area contributed by atoms with Gasteiger partial charge in [-0.3, -0.25) is 9.78 Å². The summed E-state index contributed by atoms with van der Waals surface area (Å²) in [5.74, 6) is -0.773. The molecule has 1 amide bonds. The summed E-state index contributed by atoms with van der Waals surface area (Å²) in [5.41, 5.74) is 2.87. The zero-order valence-electron chi connectivity index (χ0n) is 19.1. The highest BCUT2D eigenvalue weighted by Crippen LogP contribution is 2.39. The second-order valence-corrected chi connectivity index (χ2v) is 9.20. The molecule has 1 saturated heterocycles. The number of rotatable bonds is 7. The fourth-order valence-electron chi connectivity index (χ4n) is 4.46. The molecule has 2 aromatic heterocycles. The summed E-state index contributed by atoms with van der Waals surface area (Å²) in [6, 6.07) is 23.0. The lowest BCUT2D eigenvalue weighted by atomic mass is 10.0. The van der Waals surface area contributed by atoms with Gasteiger partial charge in [-0.1, -0.05) is 35.9 Å². The van der Waals surface area contributed by atoms with Gasteiger partial charge in [0.1, 0.15) is 5.82 Å². The van der Waals surface area contributed by atoms with Crippen molar-refractivity contribution in [2.75, 3.05) is 11.9 Å². The fourth-order valence-corrected chi connectivity index (χ4v) is 4.98. The highest BCUT2D eigenvalue weighted by molar-refractivity contribution is 7.80. The predicted octanol–water partition coefficient (Wildman–Crippen LogP) is 5.67. The van der Waals surface area contributed by atoms with Crippen molar-refractivity contribution in [2.45, 2.75) is 18.5 Å². The highest BCUT2D eigenvalue weighted by atomic mass is 35.5. The van der Waals surface area contributed by atoms with Crippen LogP contribution in [0, 0.1) is 5.82 Å². The quantitative estimate of drug-likeness (QED) is 0.308. The monoisotopic (exact) mass is 519 g/mol. The number of amides is 1. The molecule has 9 heteroatoms. The van der Waals surface area contributed by atoms with Gasteiger partial charge < -0.3 is 20.1 Å². The molecule has 36 heavy (non-hydrogen) atoms. The van der Waals surface area contributed by atoms with E-state index >= 15 is 0 Å². The van der Waals surface area contributed by atoms with E-state index in [2.05, 4.69) is 20.2 Å². The Bertz CT molecular complexity index is 1400. The Morgan fingerprint density at radius 1 is 1.08 bits per heavy atom. The van der Waals surface area contributed by atoms with Crippen molar-refractivity contribution in [3.63, 3.8) is 0 Å². The maximum Gasteiger partial charge on any atom is 0.226 e. The van der Waals surface area contributed by atoms with Crippen molar-refractivity contribution in [1.29, 1.82) is 0 Å². The molecule has 2 atom stereocenters. The van der Waals surface area contributed by atoms with Crippen LogP contribution in [0.4, 0.5) is 10.1 Å². The van der Waals surface area contributed by atoms with Crippen LogP contribution in [0.3, 0.4) is 0 Å². The highest BCUT2D eigenvalue weighted by Gasteiger charge is 2.41. The van der Waals surface area contributed by atoms with Gasteiger partial charge in [-0.15, -0.1) is 0 Å². The third-order valence-corrected chi connectivity index (χ3v) is 6.68. The number of benzene rings is 2. The smallest absolute Gasteiger partial charge is 0.226 e. The van der Waals surface area contributed by atoms with Crippen LogP contribution in [0.25, 0.3) is 5.69 Å². The summed E-state index contributed by atoms with van der Waals surface area (Å²) >= 11 is 12.0. The zero-order valence-corrected chi connectivity index (χ0v) is 20.7. The zero-order chi connectivity index (χ0) is 25.1. The summed E-state index contributed by atoms with van der Waals surface area (Å²) in [4.78, 5) is 19.3. The molecule has 3 heterocycles. The lowest BCUT2D eigenvalue weighted by Gasteiger charge is -2.29. The van der Waals surface area contributed by atoms with Gasteiger partial charge in [-0.25, -0.2) is 4.39 Å². The molecule has 4 aromatic rings. The van der Waals surface area contributed by atoms with Gasteiger partial charge in [0.15, 0.2) is 5.11 Å². The van der Waals surface area contributed by atoms with Crippen molar-refractivity contribution < 1.29 is 9.18 Å². The Morgan fingerprint density at radius 3 is 2.69 bits per heavy atom. The van der Waals surface area contributed by atoms with Crippen LogP contribution in [0.5, 0.6) is 0 Å². The number of hydrogen-bond donors (Lipinski definition) is 2. The minimum absolute atomic E-state index is 0.124. The molecular weight excluding hydrogens is 497 g/mol. The minimum atomic E-state index is -0.475. The number of pyridine rings is 1. The number of carbonyl (C=O) groups is 1. The van der Waals surface area contributed by atoms with Gasteiger partial charge >= 0.3 is 0 Å². The number of aromatic nitrogens is 2. The second kappa shape index (κ2) is 10.5. The molecule has 2 aromatic carbocycles. The van der Waals surface area contributed by atoms with Crippen LogP contribution in [0.15, 0.2) is 91.3 Å². The van der Waals surface area contributed by atoms with Crippen molar-refractivity contribution in [3.8, 4) is 5.69 Å². The average Bonchev–Trinajstić information content (AvgIpc) is 3.49. The van der Waals surface area contributed by atoms with Crippen LogP contribution in [0.1, 0.15) is 29.9 Å². The van der Waals surface area contributed by atoms with E-state index in [1.54, 1.807) is 18.3 Å². The van der Waals surface area contributed by atoms with Crippen molar-refractivity contribution >= 4 is 40.5 Å². The van der Waals surface area contributed by atoms with E-state index in [4.69, 9.17) is 23.8 Å². The van der Waals surface area contributed by atoms with Gasteiger partial charge in [0.25, 0.3) is 0 Å². The Labute approximate surface area is 218 Å². The van der Waals surface area contributed by atoms with Crippen LogP contribution in [-0.2, 0) is 4.79 Å². The molecule has 1 aliphatic heterocycles. The Balaban J connectivity index is 1.45. The lowest BCUT2D eigenvalue weighted by molar-refractivity contribution is -0.116. The third-order valence-electron chi connectivity index (χ3n) is 6.10. The van der Waals surface area contributed by atoms with Gasteiger partial charge in [-0.05, 0) is 66.8 Å². The Hall–Kier alpha value is -3.75. The molecule has 0 bridgehead atoms. The third kappa shape index (κ3) is 4.96. The summed E-state index contributed by atoms with van der Waals surface area (Å²) in [7, 11) is 0. The SMILES string of the molecule is O=C(CCN1C(=S)N[C@@H](c2ccccn2)[C@@H]1c1cccn1-c1cccc(Cl)c1)Nc1ccccc1F.